The molecule has 0 bridgehead atoms. The van der Waals surface area contributed by atoms with Gasteiger partial charge in [-0.3, -0.25) is 9.59 Å². The van der Waals surface area contributed by atoms with Crippen LogP contribution in [0.5, 0.6) is 0 Å². The van der Waals surface area contributed by atoms with Crippen molar-refractivity contribution in [3.8, 4) is 0 Å². The van der Waals surface area contributed by atoms with Gasteiger partial charge in [0.05, 0.1) is 16.8 Å². The Morgan fingerprint density at radius 1 is 0.907 bits per heavy atom. The van der Waals surface area contributed by atoms with Crippen molar-refractivity contribution in [3.63, 3.8) is 0 Å². The number of anilines is 5. The van der Waals surface area contributed by atoms with Crippen molar-refractivity contribution in [2.24, 2.45) is 0 Å². The summed E-state index contributed by atoms with van der Waals surface area (Å²) < 4.78 is 0. The Bertz CT molecular complexity index is 1730. The van der Waals surface area contributed by atoms with Crippen molar-refractivity contribution >= 4 is 62.8 Å². The van der Waals surface area contributed by atoms with E-state index in [4.69, 9.17) is 11.6 Å². The molecule has 1 aliphatic rings. The molecule has 8 nitrogen and oxygen atoms in total. The van der Waals surface area contributed by atoms with E-state index in [0.29, 0.717) is 33.3 Å². The highest BCUT2D eigenvalue weighted by atomic mass is 35.5. The quantitative estimate of drug-likeness (QED) is 0.162. The number of nitrogens with zero attached hydrogens (tertiary/aromatic N) is 2. The highest BCUT2D eigenvalue weighted by molar-refractivity contribution is 6.33. The number of carbonyl (C=O) groups is 2. The molecule has 43 heavy (non-hydrogen) atoms. The molecule has 6 rings (SSSR count). The number of aromatic nitrogens is 1. The normalized spacial score (nSPS) is 13.6. The molecule has 9 heteroatoms. The number of halogens is 1. The van der Waals surface area contributed by atoms with Crippen LogP contribution < -0.4 is 20.4 Å². The fourth-order valence-electron chi connectivity index (χ4n) is 5.24. The molecule has 2 heterocycles. The minimum atomic E-state index is -0.221. The number of carbonyl (C=O) groups excluding carboxylic acids is 2. The molecular weight excluding hydrogens is 562 g/mol. The Hall–Kier alpha value is -4.79. The molecule has 4 aromatic carbocycles. The largest absolute Gasteiger partial charge is 0.393 e. The number of aromatic amines is 1. The van der Waals surface area contributed by atoms with E-state index >= 15 is 0 Å². The SMILES string of the molecule is CN(C(=O)c1cc2ccccc2[nH]1)c1ccc(Nc2ccc(NC(=O)c3ccc(N4CCC(O)CC4)cc3)cc2)c(Cl)c1. The van der Waals surface area contributed by atoms with Crippen LogP contribution in [0.15, 0.2) is 97.1 Å². The third-order valence-corrected chi connectivity index (χ3v) is 8.10. The van der Waals surface area contributed by atoms with E-state index < -0.39 is 0 Å². The van der Waals surface area contributed by atoms with Gasteiger partial charge in [-0.2, -0.15) is 0 Å². The average Bonchev–Trinajstić information content (AvgIpc) is 3.47. The second-order valence-electron chi connectivity index (χ2n) is 10.7. The van der Waals surface area contributed by atoms with Crippen molar-refractivity contribution in [2.75, 3.05) is 40.6 Å². The van der Waals surface area contributed by atoms with Crippen LogP contribution in [0, 0.1) is 0 Å². The molecule has 4 N–H and O–H groups in total. The van der Waals surface area contributed by atoms with Crippen LogP contribution in [0.3, 0.4) is 0 Å². The number of amides is 2. The van der Waals surface area contributed by atoms with Gasteiger partial charge in [0.15, 0.2) is 0 Å². The number of fused-ring (bicyclic) bond motifs is 1. The number of aliphatic hydroxyl groups is 1. The highest BCUT2D eigenvalue weighted by Gasteiger charge is 2.19. The number of benzene rings is 4. The molecule has 5 aromatic rings. The fraction of sp³-hybridized carbons (Fsp3) is 0.176. The van der Waals surface area contributed by atoms with Gasteiger partial charge in [0.25, 0.3) is 11.8 Å². The molecule has 2 amide bonds. The zero-order valence-electron chi connectivity index (χ0n) is 23.7. The predicted octanol–water partition coefficient (Wildman–Crippen LogP) is 7.05. The van der Waals surface area contributed by atoms with Gasteiger partial charge in [-0.15, -0.1) is 0 Å². The molecule has 218 valence electrons. The molecule has 0 spiro atoms. The summed E-state index contributed by atoms with van der Waals surface area (Å²) in [5.74, 6) is -0.352. The van der Waals surface area contributed by atoms with Gasteiger partial charge >= 0.3 is 0 Å². The first kappa shape index (κ1) is 28.3. The van der Waals surface area contributed by atoms with E-state index in [1.807, 2.05) is 91.0 Å². The van der Waals surface area contributed by atoms with E-state index in [1.165, 1.54) is 0 Å². The molecule has 1 fully saturated rings. The number of hydrogen-bond acceptors (Lipinski definition) is 5. The lowest BCUT2D eigenvalue weighted by molar-refractivity contribution is 0.0987. The minimum absolute atomic E-state index is 0.163. The van der Waals surface area contributed by atoms with Crippen LogP contribution in [0.4, 0.5) is 28.4 Å². The lowest BCUT2D eigenvalue weighted by Gasteiger charge is -2.31. The summed E-state index contributed by atoms with van der Waals surface area (Å²) >= 11 is 6.59. The summed E-state index contributed by atoms with van der Waals surface area (Å²) in [4.78, 5) is 32.9. The monoisotopic (exact) mass is 593 g/mol. The average molecular weight is 594 g/mol. The first-order chi connectivity index (χ1) is 20.8. The Labute approximate surface area is 254 Å². The van der Waals surface area contributed by atoms with Crippen LogP contribution >= 0.6 is 11.6 Å². The van der Waals surface area contributed by atoms with Crippen LogP contribution in [0.25, 0.3) is 10.9 Å². The highest BCUT2D eigenvalue weighted by Crippen LogP contribution is 2.31. The molecule has 0 unspecified atom stereocenters. The molecule has 1 aromatic heterocycles. The standard InChI is InChI=1S/C34H32ClN5O3/c1-39(34(43)32-20-23-4-2-3-5-30(23)38-32)27-14-15-31(29(35)21-27)36-24-8-10-25(11-9-24)37-33(42)22-6-12-26(13-7-22)40-18-16-28(41)17-19-40/h2-15,20-21,28,36,38,41H,16-19H2,1H3,(H,37,42). The molecule has 1 saturated heterocycles. The van der Waals surface area contributed by atoms with Gasteiger partial charge in [0, 0.05) is 59.4 Å². The van der Waals surface area contributed by atoms with E-state index in [0.717, 1.165) is 48.2 Å². The molecular formula is C34H32ClN5O3. The van der Waals surface area contributed by atoms with Crippen molar-refractivity contribution < 1.29 is 14.7 Å². The van der Waals surface area contributed by atoms with Gasteiger partial charge in [-0.05, 0) is 91.7 Å². The number of H-pyrrole nitrogens is 1. The number of rotatable bonds is 7. The third-order valence-electron chi connectivity index (χ3n) is 7.79. The van der Waals surface area contributed by atoms with Crippen molar-refractivity contribution in [1.29, 1.82) is 0 Å². The molecule has 0 atom stereocenters. The smallest absolute Gasteiger partial charge is 0.274 e. The van der Waals surface area contributed by atoms with Gasteiger partial charge in [-0.25, -0.2) is 0 Å². The number of hydrogen-bond donors (Lipinski definition) is 4. The summed E-state index contributed by atoms with van der Waals surface area (Å²) in [5, 5.41) is 17.4. The Kier molecular flexibility index (Phi) is 8.05. The van der Waals surface area contributed by atoms with E-state index in [9.17, 15) is 14.7 Å². The summed E-state index contributed by atoms with van der Waals surface area (Å²) in [7, 11) is 1.72. The molecule has 0 aliphatic carbocycles. The first-order valence-electron chi connectivity index (χ1n) is 14.2. The van der Waals surface area contributed by atoms with E-state index in [1.54, 1.807) is 18.0 Å². The summed E-state index contributed by atoms with van der Waals surface area (Å²) in [6, 6.07) is 29.9. The van der Waals surface area contributed by atoms with Crippen LogP contribution in [-0.4, -0.2) is 48.1 Å². The van der Waals surface area contributed by atoms with E-state index in [2.05, 4.69) is 20.5 Å². The molecule has 1 aliphatic heterocycles. The van der Waals surface area contributed by atoms with Crippen LogP contribution in [0.1, 0.15) is 33.7 Å². The van der Waals surface area contributed by atoms with Crippen LogP contribution in [0.2, 0.25) is 5.02 Å². The van der Waals surface area contributed by atoms with Crippen LogP contribution in [-0.2, 0) is 0 Å². The molecule has 0 saturated carbocycles. The lowest BCUT2D eigenvalue weighted by Crippen LogP contribution is -2.35. The van der Waals surface area contributed by atoms with E-state index in [-0.39, 0.29) is 17.9 Å². The van der Waals surface area contributed by atoms with Crippen molar-refractivity contribution in [2.45, 2.75) is 18.9 Å². The third kappa shape index (κ3) is 6.35. The minimum Gasteiger partial charge on any atom is -0.393 e. The number of nitrogens with one attached hydrogen (secondary N) is 3. The lowest BCUT2D eigenvalue weighted by atomic mass is 10.1. The zero-order chi connectivity index (χ0) is 29.9. The topological polar surface area (TPSA) is 101 Å². The zero-order valence-corrected chi connectivity index (χ0v) is 24.4. The summed E-state index contributed by atoms with van der Waals surface area (Å²) in [6.45, 7) is 1.62. The Balaban J connectivity index is 1.06. The Morgan fingerprint density at radius 2 is 1.60 bits per heavy atom. The maximum atomic E-state index is 13.1. The second kappa shape index (κ2) is 12.2. The maximum absolute atomic E-state index is 13.1. The van der Waals surface area contributed by atoms with Crippen molar-refractivity contribution in [1.82, 2.24) is 4.98 Å². The second-order valence-corrected chi connectivity index (χ2v) is 11.1. The van der Waals surface area contributed by atoms with Crippen molar-refractivity contribution in [3.05, 3.63) is 113 Å². The van der Waals surface area contributed by atoms with Gasteiger partial charge in [-0.1, -0.05) is 29.8 Å². The van der Waals surface area contributed by atoms with Gasteiger partial charge in [0.2, 0.25) is 0 Å². The maximum Gasteiger partial charge on any atom is 0.274 e. The first-order valence-corrected chi connectivity index (χ1v) is 14.6. The van der Waals surface area contributed by atoms with Gasteiger partial charge < -0.3 is 30.5 Å². The molecule has 0 radical (unpaired) electrons. The summed E-state index contributed by atoms with van der Waals surface area (Å²) in [5.41, 5.74) is 5.87. The summed E-state index contributed by atoms with van der Waals surface area (Å²) in [6.07, 6.45) is 1.30. The number of piperidine rings is 1. The Morgan fingerprint density at radius 3 is 2.30 bits per heavy atom. The fourth-order valence-corrected chi connectivity index (χ4v) is 5.47. The number of para-hydroxylation sites is 1. The predicted molar refractivity (Wildman–Crippen MR) is 174 cm³/mol. The number of aliphatic hydroxyl groups excluding tert-OH is 1. The van der Waals surface area contributed by atoms with Gasteiger partial charge in [0.1, 0.15) is 5.69 Å².